The van der Waals surface area contributed by atoms with Gasteiger partial charge < -0.3 is 15.7 Å². The molecule has 0 bridgehead atoms. The second-order valence-electron chi connectivity index (χ2n) is 9.89. The van der Waals surface area contributed by atoms with Crippen molar-refractivity contribution in [3.63, 3.8) is 0 Å². The minimum Gasteiger partial charge on any atom is -0.481 e. The number of oxime groups is 1. The van der Waals surface area contributed by atoms with E-state index >= 15 is 0 Å². The van der Waals surface area contributed by atoms with Crippen LogP contribution in [-0.2, 0) is 35.4 Å². The van der Waals surface area contributed by atoms with Gasteiger partial charge in [-0.3, -0.25) is 4.79 Å². The Kier molecular flexibility index (Phi) is 12.3. The third kappa shape index (κ3) is 9.15. The molecule has 0 aliphatic heterocycles. The predicted octanol–water partition coefficient (Wildman–Crippen LogP) is 7.83. The van der Waals surface area contributed by atoms with Crippen LogP contribution < -0.4 is 5.73 Å². The Morgan fingerprint density at radius 2 is 1.79 bits per heavy atom. The minimum atomic E-state index is -4.37. The van der Waals surface area contributed by atoms with E-state index in [9.17, 15) is 18.0 Å². The summed E-state index contributed by atoms with van der Waals surface area (Å²) in [5, 5.41) is 12.3. The molecule has 1 fully saturated rings. The number of carboxylic acids is 1. The van der Waals surface area contributed by atoms with Gasteiger partial charge in [-0.15, -0.1) is 0 Å². The Morgan fingerprint density at radius 3 is 2.32 bits per heavy atom. The summed E-state index contributed by atoms with van der Waals surface area (Å²) in [4.78, 5) is 15.3. The van der Waals surface area contributed by atoms with Crippen LogP contribution in [0.2, 0.25) is 0 Å². The van der Waals surface area contributed by atoms with E-state index in [1.807, 2.05) is 32.0 Å². The molecule has 2 aromatic carbocycles. The van der Waals surface area contributed by atoms with Gasteiger partial charge in [0.25, 0.3) is 0 Å². The summed E-state index contributed by atoms with van der Waals surface area (Å²) in [6, 6.07) is 10.5. The lowest BCUT2D eigenvalue weighted by molar-refractivity contribution is -0.141. The van der Waals surface area contributed by atoms with Gasteiger partial charge in [0.05, 0.1) is 17.2 Å². The van der Waals surface area contributed by atoms with Gasteiger partial charge in [0.2, 0.25) is 0 Å². The molecule has 0 radical (unpaired) electrons. The molecule has 210 valence electrons. The number of nitrogens with two attached hydrogens (primary N) is 1. The maximum absolute atomic E-state index is 13.7. The van der Waals surface area contributed by atoms with Crippen LogP contribution in [0.5, 0.6) is 0 Å². The van der Waals surface area contributed by atoms with Crippen LogP contribution in [0.3, 0.4) is 0 Å². The van der Waals surface area contributed by atoms with Crippen LogP contribution in [0.25, 0.3) is 0 Å². The van der Waals surface area contributed by atoms with Crippen molar-refractivity contribution >= 4 is 11.7 Å². The Bertz CT molecular complexity index is 1080. The minimum absolute atomic E-state index is 0.00706. The molecule has 8 heteroatoms. The van der Waals surface area contributed by atoms with Crippen LogP contribution in [-0.4, -0.2) is 16.8 Å². The Hall–Kier alpha value is -2.87. The van der Waals surface area contributed by atoms with Crippen molar-refractivity contribution in [1.82, 2.24) is 0 Å². The van der Waals surface area contributed by atoms with E-state index in [2.05, 4.69) is 12.1 Å². The summed E-state index contributed by atoms with van der Waals surface area (Å²) in [5.74, 6) is -0.896. The van der Waals surface area contributed by atoms with E-state index in [-0.39, 0.29) is 18.4 Å². The molecular formula is C30H41F3N2O3. The zero-order chi connectivity index (χ0) is 28.3. The summed E-state index contributed by atoms with van der Waals surface area (Å²) < 4.78 is 41.1. The van der Waals surface area contributed by atoms with Crippen LogP contribution in [0.15, 0.2) is 41.6 Å². The molecule has 1 atom stereocenters. The van der Waals surface area contributed by atoms with E-state index in [1.54, 1.807) is 19.1 Å². The lowest BCUT2D eigenvalue weighted by Crippen LogP contribution is -2.15. The molecule has 1 aliphatic rings. The zero-order valence-electron chi connectivity index (χ0n) is 22.9. The van der Waals surface area contributed by atoms with Gasteiger partial charge in [0.15, 0.2) is 0 Å². The number of nitrogens with zero attached hydrogens (tertiary/aromatic N) is 1. The predicted molar refractivity (Wildman–Crippen MR) is 145 cm³/mol. The maximum atomic E-state index is 13.7. The van der Waals surface area contributed by atoms with Gasteiger partial charge in [-0.05, 0) is 78.5 Å². The van der Waals surface area contributed by atoms with Crippen LogP contribution in [0.4, 0.5) is 13.2 Å². The second kappa shape index (κ2) is 14.9. The Balaban J connectivity index is 0.000000638. The van der Waals surface area contributed by atoms with E-state index in [0.29, 0.717) is 23.4 Å². The molecule has 3 rings (SSSR count). The smallest absolute Gasteiger partial charge is 0.416 e. The zero-order valence-corrected chi connectivity index (χ0v) is 22.9. The number of halogens is 3. The van der Waals surface area contributed by atoms with Gasteiger partial charge in [0.1, 0.15) is 6.61 Å². The molecule has 2 aromatic rings. The molecule has 0 aromatic heterocycles. The Morgan fingerprint density at radius 1 is 1.11 bits per heavy atom. The van der Waals surface area contributed by atoms with Gasteiger partial charge in [-0.2, -0.15) is 13.2 Å². The first-order valence-electron chi connectivity index (χ1n) is 13.4. The quantitative estimate of drug-likeness (QED) is 0.254. The number of hydrogen-bond acceptors (Lipinski definition) is 4. The van der Waals surface area contributed by atoms with Gasteiger partial charge in [-0.1, -0.05) is 69.5 Å². The van der Waals surface area contributed by atoms with Crippen LogP contribution in [0, 0.1) is 5.92 Å². The fourth-order valence-corrected chi connectivity index (χ4v) is 4.52. The van der Waals surface area contributed by atoms with Crippen molar-refractivity contribution in [1.29, 1.82) is 0 Å². The van der Waals surface area contributed by atoms with E-state index in [4.69, 9.17) is 15.7 Å². The molecule has 3 N–H and O–H groups in total. The number of carbonyl (C=O) groups is 1. The van der Waals surface area contributed by atoms with E-state index in [0.717, 1.165) is 61.6 Å². The summed E-state index contributed by atoms with van der Waals surface area (Å²) in [5.41, 5.74) is 9.95. The van der Waals surface area contributed by atoms with Crippen molar-refractivity contribution in [2.45, 2.75) is 97.9 Å². The lowest BCUT2D eigenvalue weighted by Gasteiger charge is -2.25. The van der Waals surface area contributed by atoms with Crippen molar-refractivity contribution in [3.8, 4) is 0 Å². The third-order valence-corrected chi connectivity index (χ3v) is 7.16. The first-order valence-corrected chi connectivity index (χ1v) is 13.4. The SMILES string of the molecule is CCC(C)C(=O)O.CCc1cc(C(C)=NOCc2ccc(C3CCCCC3)c(C(F)(F)F)c2)ccc1CN. The van der Waals surface area contributed by atoms with E-state index < -0.39 is 17.7 Å². The summed E-state index contributed by atoms with van der Waals surface area (Å²) in [6.45, 7) is 7.92. The number of benzene rings is 2. The topological polar surface area (TPSA) is 84.9 Å². The Labute approximate surface area is 224 Å². The second-order valence-corrected chi connectivity index (χ2v) is 9.89. The number of aliphatic carboxylic acids is 1. The average molecular weight is 535 g/mol. The van der Waals surface area contributed by atoms with Gasteiger partial charge in [0, 0.05) is 6.54 Å². The largest absolute Gasteiger partial charge is 0.481 e. The lowest BCUT2D eigenvalue weighted by atomic mass is 9.81. The third-order valence-electron chi connectivity index (χ3n) is 7.16. The first-order chi connectivity index (χ1) is 18.0. The fraction of sp³-hybridized carbons (Fsp3) is 0.533. The number of carboxylic acid groups (broad SMARTS) is 1. The first kappa shape index (κ1) is 31.3. The molecule has 0 saturated heterocycles. The van der Waals surface area contributed by atoms with Crippen molar-refractivity contribution < 1.29 is 27.9 Å². The van der Waals surface area contributed by atoms with Crippen LogP contribution >= 0.6 is 0 Å². The van der Waals surface area contributed by atoms with E-state index in [1.165, 1.54) is 6.07 Å². The number of rotatable bonds is 9. The highest BCUT2D eigenvalue weighted by Gasteiger charge is 2.35. The molecule has 0 spiro atoms. The molecule has 0 amide bonds. The van der Waals surface area contributed by atoms with Crippen molar-refractivity contribution in [2.24, 2.45) is 16.8 Å². The summed E-state index contributed by atoms with van der Waals surface area (Å²) in [7, 11) is 0. The van der Waals surface area contributed by atoms with Gasteiger partial charge in [-0.25, -0.2) is 0 Å². The summed E-state index contributed by atoms with van der Waals surface area (Å²) >= 11 is 0. The molecule has 5 nitrogen and oxygen atoms in total. The molecule has 38 heavy (non-hydrogen) atoms. The highest BCUT2D eigenvalue weighted by Crippen LogP contribution is 2.41. The molecule has 1 saturated carbocycles. The standard InChI is InChI=1S/C25H31F3N2O.C5H10O2/c1-3-19-14-21(10-11-22(19)15-29)17(2)30-31-16-18-9-12-23(20-7-5-4-6-8-20)24(13-18)25(26,27)28;1-3-4(2)5(6)7/h9-14,20H,3-8,15-16,29H2,1-2H3;4H,3H2,1-2H3,(H,6,7). The summed E-state index contributed by atoms with van der Waals surface area (Å²) in [6.07, 6.45) is 1.95. The number of alkyl halides is 3. The van der Waals surface area contributed by atoms with Gasteiger partial charge >= 0.3 is 12.1 Å². The molecule has 0 heterocycles. The maximum Gasteiger partial charge on any atom is 0.416 e. The highest BCUT2D eigenvalue weighted by molar-refractivity contribution is 5.98. The average Bonchev–Trinajstić information content (AvgIpc) is 2.92. The van der Waals surface area contributed by atoms with Crippen molar-refractivity contribution in [3.05, 3.63) is 69.8 Å². The normalized spacial score (nSPS) is 15.4. The number of aryl methyl sites for hydroxylation is 1. The van der Waals surface area contributed by atoms with Crippen LogP contribution in [0.1, 0.15) is 106 Å². The number of hydrogen-bond donors (Lipinski definition) is 2. The molecule has 1 aliphatic carbocycles. The molecule has 1 unspecified atom stereocenters. The fourth-order valence-electron chi connectivity index (χ4n) is 4.52. The highest BCUT2D eigenvalue weighted by atomic mass is 19.4. The van der Waals surface area contributed by atoms with Crippen molar-refractivity contribution in [2.75, 3.05) is 0 Å². The monoisotopic (exact) mass is 534 g/mol. The molecular weight excluding hydrogens is 493 g/mol.